The van der Waals surface area contributed by atoms with E-state index in [1.165, 1.54) is 19.3 Å². The van der Waals surface area contributed by atoms with Gasteiger partial charge in [0.2, 0.25) is 5.91 Å². The molecule has 1 aliphatic rings. The highest BCUT2D eigenvalue weighted by molar-refractivity contribution is 5.98. The van der Waals surface area contributed by atoms with Gasteiger partial charge in [0.1, 0.15) is 5.92 Å². The molecule has 0 spiro atoms. The standard InChI is InChI=1S/C17H31NO3/c1-6-18(13-11-9-8-10-12-13)15(19)14(17(3,4)5)16(20)21-7-2/h13-14H,6-12H2,1-5H3. The number of hydrogen-bond acceptors (Lipinski definition) is 3. The number of hydrogen-bond donors (Lipinski definition) is 0. The van der Waals surface area contributed by atoms with Crippen molar-refractivity contribution in [2.45, 2.75) is 72.8 Å². The molecule has 1 aliphatic carbocycles. The zero-order valence-corrected chi connectivity index (χ0v) is 14.3. The zero-order chi connectivity index (χ0) is 16.0. The van der Waals surface area contributed by atoms with Gasteiger partial charge in [0, 0.05) is 12.6 Å². The fourth-order valence-electron chi connectivity index (χ4n) is 3.20. The molecule has 1 saturated carbocycles. The highest BCUT2D eigenvalue weighted by atomic mass is 16.5. The van der Waals surface area contributed by atoms with Gasteiger partial charge in [-0.15, -0.1) is 0 Å². The predicted molar refractivity (Wildman–Crippen MR) is 83.8 cm³/mol. The molecule has 4 heteroatoms. The highest BCUT2D eigenvalue weighted by Crippen LogP contribution is 2.31. The van der Waals surface area contributed by atoms with Crippen molar-refractivity contribution >= 4 is 11.9 Å². The van der Waals surface area contributed by atoms with E-state index in [9.17, 15) is 9.59 Å². The van der Waals surface area contributed by atoms with Crippen LogP contribution >= 0.6 is 0 Å². The van der Waals surface area contributed by atoms with E-state index >= 15 is 0 Å². The van der Waals surface area contributed by atoms with E-state index in [1.807, 2.05) is 32.6 Å². The highest BCUT2D eigenvalue weighted by Gasteiger charge is 2.42. The minimum Gasteiger partial charge on any atom is -0.465 e. The molecule has 0 radical (unpaired) electrons. The third kappa shape index (κ3) is 4.72. The second-order valence-corrected chi connectivity index (χ2v) is 6.97. The molecule has 122 valence electrons. The van der Waals surface area contributed by atoms with Crippen LogP contribution in [-0.4, -0.2) is 36.0 Å². The van der Waals surface area contributed by atoms with Crippen LogP contribution in [0, 0.1) is 11.3 Å². The Morgan fingerprint density at radius 2 is 1.71 bits per heavy atom. The van der Waals surface area contributed by atoms with Gasteiger partial charge in [0.15, 0.2) is 0 Å². The van der Waals surface area contributed by atoms with Gasteiger partial charge in [0.05, 0.1) is 6.61 Å². The molecule has 0 aliphatic heterocycles. The Bertz CT molecular complexity index is 354. The van der Waals surface area contributed by atoms with Crippen molar-refractivity contribution in [2.75, 3.05) is 13.2 Å². The Labute approximate surface area is 129 Å². The van der Waals surface area contributed by atoms with Gasteiger partial charge in [-0.1, -0.05) is 40.0 Å². The molecule has 1 amide bonds. The molecule has 0 heterocycles. The molecule has 0 aromatic heterocycles. The van der Waals surface area contributed by atoms with E-state index in [1.54, 1.807) is 6.92 Å². The first kappa shape index (κ1) is 18.0. The fraction of sp³-hybridized carbons (Fsp3) is 0.882. The second-order valence-electron chi connectivity index (χ2n) is 6.97. The van der Waals surface area contributed by atoms with Gasteiger partial charge in [-0.3, -0.25) is 9.59 Å². The van der Waals surface area contributed by atoms with Crippen LogP contribution in [0.3, 0.4) is 0 Å². The van der Waals surface area contributed by atoms with Crippen molar-refractivity contribution in [3.05, 3.63) is 0 Å². The van der Waals surface area contributed by atoms with Crippen molar-refractivity contribution in [3.8, 4) is 0 Å². The lowest BCUT2D eigenvalue weighted by molar-refractivity contribution is -0.161. The SMILES string of the molecule is CCOC(=O)C(C(=O)N(CC)C1CCCCC1)C(C)(C)C. The maximum absolute atomic E-state index is 13.0. The summed E-state index contributed by atoms with van der Waals surface area (Å²) < 4.78 is 5.15. The molecule has 0 aromatic rings. The summed E-state index contributed by atoms with van der Waals surface area (Å²) in [5.41, 5.74) is -0.425. The Morgan fingerprint density at radius 1 is 1.14 bits per heavy atom. The molecule has 1 atom stereocenters. The van der Waals surface area contributed by atoms with Gasteiger partial charge in [-0.25, -0.2) is 0 Å². The molecule has 0 aromatic carbocycles. The van der Waals surface area contributed by atoms with Crippen molar-refractivity contribution in [3.63, 3.8) is 0 Å². The predicted octanol–water partition coefficient (Wildman–Crippen LogP) is 3.39. The molecule has 21 heavy (non-hydrogen) atoms. The topological polar surface area (TPSA) is 46.6 Å². The largest absolute Gasteiger partial charge is 0.465 e. The summed E-state index contributed by atoms with van der Waals surface area (Å²) in [6.07, 6.45) is 5.71. The molecule has 1 rings (SSSR count). The summed E-state index contributed by atoms with van der Waals surface area (Å²) in [5, 5.41) is 0. The minimum absolute atomic E-state index is 0.0599. The van der Waals surface area contributed by atoms with E-state index in [0.717, 1.165) is 12.8 Å². The van der Waals surface area contributed by atoms with Crippen molar-refractivity contribution in [1.82, 2.24) is 4.90 Å². The maximum Gasteiger partial charge on any atom is 0.319 e. The first-order chi connectivity index (χ1) is 9.82. The first-order valence-electron chi connectivity index (χ1n) is 8.30. The van der Waals surface area contributed by atoms with Crippen molar-refractivity contribution in [2.24, 2.45) is 11.3 Å². The monoisotopic (exact) mass is 297 g/mol. The van der Waals surface area contributed by atoms with E-state index in [4.69, 9.17) is 4.74 Å². The normalized spacial score (nSPS) is 18.1. The van der Waals surface area contributed by atoms with E-state index < -0.39 is 11.3 Å². The number of nitrogens with zero attached hydrogens (tertiary/aromatic N) is 1. The molecular formula is C17H31NO3. The van der Waals surface area contributed by atoms with Crippen LogP contribution in [0.5, 0.6) is 0 Å². The van der Waals surface area contributed by atoms with Crippen LogP contribution in [0.15, 0.2) is 0 Å². The summed E-state index contributed by atoms with van der Waals surface area (Å²) in [4.78, 5) is 27.1. The van der Waals surface area contributed by atoms with Crippen molar-refractivity contribution in [1.29, 1.82) is 0 Å². The average molecular weight is 297 g/mol. The van der Waals surface area contributed by atoms with E-state index in [-0.39, 0.29) is 17.9 Å². The molecule has 1 unspecified atom stereocenters. The second kappa shape index (κ2) is 7.81. The van der Waals surface area contributed by atoms with Crippen molar-refractivity contribution < 1.29 is 14.3 Å². The summed E-state index contributed by atoms with van der Waals surface area (Å²) in [6, 6.07) is 0.288. The quantitative estimate of drug-likeness (QED) is 0.577. The van der Waals surface area contributed by atoms with Crippen LogP contribution in [0.25, 0.3) is 0 Å². The lowest BCUT2D eigenvalue weighted by Crippen LogP contribution is -2.50. The van der Waals surface area contributed by atoms with Gasteiger partial charge >= 0.3 is 5.97 Å². The lowest BCUT2D eigenvalue weighted by Gasteiger charge is -2.38. The summed E-state index contributed by atoms with van der Waals surface area (Å²) in [7, 11) is 0. The molecule has 0 N–H and O–H groups in total. The average Bonchev–Trinajstić information content (AvgIpc) is 2.39. The Hall–Kier alpha value is -1.06. The number of ether oxygens (including phenoxy) is 1. The first-order valence-corrected chi connectivity index (χ1v) is 8.30. The van der Waals surface area contributed by atoms with Crippen LogP contribution in [0.4, 0.5) is 0 Å². The molecular weight excluding hydrogens is 266 g/mol. The van der Waals surface area contributed by atoms with Gasteiger partial charge in [-0.2, -0.15) is 0 Å². The summed E-state index contributed by atoms with van der Waals surface area (Å²) >= 11 is 0. The van der Waals surface area contributed by atoms with Crippen LogP contribution in [0.1, 0.15) is 66.7 Å². The Morgan fingerprint density at radius 3 is 2.14 bits per heavy atom. The lowest BCUT2D eigenvalue weighted by atomic mass is 9.79. The number of rotatable bonds is 5. The third-order valence-corrected chi connectivity index (χ3v) is 4.27. The molecule has 0 bridgehead atoms. The van der Waals surface area contributed by atoms with Gasteiger partial charge in [0.25, 0.3) is 0 Å². The Balaban J connectivity index is 2.93. The van der Waals surface area contributed by atoms with Gasteiger partial charge in [-0.05, 0) is 32.1 Å². The maximum atomic E-state index is 13.0. The van der Waals surface area contributed by atoms with Crippen LogP contribution in [0.2, 0.25) is 0 Å². The number of esters is 1. The summed E-state index contributed by atoms with van der Waals surface area (Å²) in [6.45, 7) is 10.5. The van der Waals surface area contributed by atoms with Crippen LogP contribution < -0.4 is 0 Å². The van der Waals surface area contributed by atoms with Crippen LogP contribution in [-0.2, 0) is 14.3 Å². The smallest absolute Gasteiger partial charge is 0.319 e. The number of amides is 1. The van der Waals surface area contributed by atoms with Gasteiger partial charge < -0.3 is 9.64 Å². The fourth-order valence-corrected chi connectivity index (χ4v) is 3.20. The van der Waals surface area contributed by atoms with E-state index in [0.29, 0.717) is 13.2 Å². The number of carbonyl (C=O) groups is 2. The Kier molecular flexibility index (Phi) is 6.69. The molecule has 1 fully saturated rings. The minimum atomic E-state index is -0.709. The molecule has 4 nitrogen and oxygen atoms in total. The summed E-state index contributed by atoms with van der Waals surface area (Å²) in [5.74, 6) is -1.15. The zero-order valence-electron chi connectivity index (χ0n) is 14.3. The van der Waals surface area contributed by atoms with E-state index in [2.05, 4.69) is 0 Å². The molecule has 0 saturated heterocycles. The third-order valence-electron chi connectivity index (χ3n) is 4.27. The number of carbonyl (C=O) groups excluding carboxylic acids is 2.